The van der Waals surface area contributed by atoms with Crippen LogP contribution in [0.3, 0.4) is 0 Å². The van der Waals surface area contributed by atoms with Crippen molar-refractivity contribution in [1.29, 1.82) is 0 Å². The van der Waals surface area contributed by atoms with E-state index in [4.69, 9.17) is 29.6 Å². The standard InChI is InChI=1S/C48H78NO11P/c1-3-5-7-9-11-13-15-17-18-19-20-21-22-23-25-27-29-31-33-37-46(50)56-39-42(40-57-61(54,55)58-41-43(49)48(52)53)59-47(51)38-34-36-45-44(60-45)35-32-30-28-26-24-16-14-12-10-8-6-4-2/h11-14,17-18,20-21,23-26,30,32,42-45H,3-10,15-16,19,22,27-29,31,33-41,49H2,1-2H3,(H,52,53)(H,54,55)/b13-11-,14-12-,18-17-,21-20-,25-23-,26-24-,32-30-/t42-,43+,44?,45?/m1/s1. The summed E-state index contributed by atoms with van der Waals surface area (Å²) in [6, 6.07) is -1.54. The number of hydrogen-bond acceptors (Lipinski definition) is 10. The third kappa shape index (κ3) is 35.9. The van der Waals surface area contributed by atoms with Crippen molar-refractivity contribution in [2.45, 2.75) is 179 Å². The molecule has 4 N–H and O–H groups in total. The highest BCUT2D eigenvalue weighted by atomic mass is 31.2. The third-order valence-corrected chi connectivity index (χ3v) is 10.5. The number of ether oxygens (including phenoxy) is 3. The highest BCUT2D eigenvalue weighted by molar-refractivity contribution is 7.47. The van der Waals surface area contributed by atoms with Crippen molar-refractivity contribution in [3.05, 3.63) is 85.1 Å². The maximum absolute atomic E-state index is 12.7. The van der Waals surface area contributed by atoms with E-state index in [1.54, 1.807) is 0 Å². The molecule has 1 saturated heterocycles. The molecule has 12 nitrogen and oxygen atoms in total. The third-order valence-electron chi connectivity index (χ3n) is 9.54. The largest absolute Gasteiger partial charge is 0.480 e. The average molecular weight is 876 g/mol. The van der Waals surface area contributed by atoms with E-state index in [-0.39, 0.29) is 25.0 Å². The highest BCUT2D eigenvalue weighted by Crippen LogP contribution is 2.43. The van der Waals surface area contributed by atoms with Gasteiger partial charge in [0, 0.05) is 12.8 Å². The summed E-state index contributed by atoms with van der Waals surface area (Å²) in [5.41, 5.74) is 5.34. The van der Waals surface area contributed by atoms with Gasteiger partial charge in [-0.2, -0.15) is 0 Å². The summed E-state index contributed by atoms with van der Waals surface area (Å²) in [5, 5.41) is 8.91. The van der Waals surface area contributed by atoms with Crippen molar-refractivity contribution in [1.82, 2.24) is 0 Å². The molecule has 1 rings (SSSR count). The minimum Gasteiger partial charge on any atom is -0.480 e. The van der Waals surface area contributed by atoms with E-state index in [0.29, 0.717) is 19.3 Å². The fourth-order valence-electron chi connectivity index (χ4n) is 5.84. The van der Waals surface area contributed by atoms with E-state index in [2.05, 4.69) is 103 Å². The molecule has 5 atom stereocenters. The Morgan fingerprint density at radius 1 is 0.607 bits per heavy atom. The van der Waals surface area contributed by atoms with E-state index in [1.165, 1.54) is 44.9 Å². The molecule has 0 saturated carbocycles. The second-order valence-electron chi connectivity index (χ2n) is 15.2. The normalized spacial score (nSPS) is 17.8. The van der Waals surface area contributed by atoms with Crippen molar-refractivity contribution in [3.8, 4) is 0 Å². The van der Waals surface area contributed by atoms with E-state index in [9.17, 15) is 23.8 Å². The first-order valence-corrected chi connectivity index (χ1v) is 24.2. The summed E-state index contributed by atoms with van der Waals surface area (Å²) < 4.78 is 38.5. The number of carboxylic acids is 1. The zero-order valence-corrected chi connectivity index (χ0v) is 38.1. The first-order chi connectivity index (χ1) is 29.6. The summed E-state index contributed by atoms with van der Waals surface area (Å²) in [6.07, 6.45) is 49.5. The molecule has 0 bridgehead atoms. The van der Waals surface area contributed by atoms with Gasteiger partial charge in [-0.25, -0.2) is 4.57 Å². The molecule has 346 valence electrons. The van der Waals surface area contributed by atoms with Gasteiger partial charge in [0.15, 0.2) is 6.10 Å². The smallest absolute Gasteiger partial charge is 0.472 e. The van der Waals surface area contributed by atoms with Crippen molar-refractivity contribution in [2.75, 3.05) is 19.8 Å². The van der Waals surface area contributed by atoms with Crippen LogP contribution in [0.2, 0.25) is 0 Å². The van der Waals surface area contributed by atoms with Gasteiger partial charge in [0.2, 0.25) is 0 Å². The van der Waals surface area contributed by atoms with Crippen LogP contribution >= 0.6 is 7.82 Å². The summed E-state index contributed by atoms with van der Waals surface area (Å²) in [7, 11) is -4.76. The van der Waals surface area contributed by atoms with Gasteiger partial charge in [0.05, 0.1) is 25.4 Å². The van der Waals surface area contributed by atoms with E-state index < -0.39 is 57.7 Å². The Hall–Kier alpha value is -3.38. The quantitative estimate of drug-likeness (QED) is 0.0174. The fraction of sp³-hybridized carbons (Fsp3) is 0.646. The number of phosphoric ester groups is 1. The molecule has 0 spiro atoms. The molecule has 1 fully saturated rings. The topological polar surface area (TPSA) is 184 Å². The van der Waals surface area contributed by atoms with Crippen molar-refractivity contribution in [3.63, 3.8) is 0 Å². The molecule has 1 aliphatic heterocycles. The highest BCUT2D eigenvalue weighted by Gasteiger charge is 2.37. The number of unbranched alkanes of at least 4 members (excludes halogenated alkanes) is 9. The van der Waals surface area contributed by atoms with Gasteiger partial charge >= 0.3 is 25.7 Å². The molecule has 0 aliphatic carbocycles. The van der Waals surface area contributed by atoms with Crippen LogP contribution in [0.4, 0.5) is 0 Å². The minimum atomic E-state index is -4.76. The number of phosphoric acid groups is 1. The van der Waals surface area contributed by atoms with Crippen LogP contribution in [0.1, 0.15) is 155 Å². The molecule has 1 heterocycles. The molecule has 0 aromatic rings. The lowest BCUT2D eigenvalue weighted by molar-refractivity contribution is -0.161. The van der Waals surface area contributed by atoms with Gasteiger partial charge in [-0.3, -0.25) is 23.4 Å². The molecule has 13 heteroatoms. The minimum absolute atomic E-state index is 0.0604. The van der Waals surface area contributed by atoms with E-state index in [1.807, 2.05) is 0 Å². The first kappa shape index (κ1) is 55.6. The molecular weight excluding hydrogens is 797 g/mol. The van der Waals surface area contributed by atoms with Crippen molar-refractivity contribution in [2.24, 2.45) is 5.73 Å². The lowest BCUT2D eigenvalue weighted by Crippen LogP contribution is -2.34. The van der Waals surface area contributed by atoms with E-state index >= 15 is 0 Å². The molecular formula is C48H78NO11P. The number of hydrogen-bond donors (Lipinski definition) is 3. The maximum atomic E-state index is 12.7. The Morgan fingerprint density at radius 2 is 1.08 bits per heavy atom. The number of carbonyl (C=O) groups is 3. The molecule has 0 aromatic carbocycles. The number of aliphatic carboxylic acids is 1. The Kier molecular flexibility index (Phi) is 34.9. The van der Waals surface area contributed by atoms with Crippen LogP contribution < -0.4 is 5.73 Å². The van der Waals surface area contributed by atoms with Crippen LogP contribution in [-0.4, -0.2) is 72.1 Å². The number of carbonyl (C=O) groups excluding carboxylic acids is 2. The Bertz CT molecular complexity index is 1420. The number of epoxide rings is 1. The van der Waals surface area contributed by atoms with Crippen LogP contribution in [0, 0.1) is 0 Å². The van der Waals surface area contributed by atoms with Gasteiger partial charge in [-0.1, -0.05) is 131 Å². The number of nitrogens with two attached hydrogens (primary N) is 1. The Morgan fingerprint density at radius 3 is 1.61 bits per heavy atom. The zero-order valence-electron chi connectivity index (χ0n) is 37.2. The van der Waals surface area contributed by atoms with Crippen LogP contribution in [0.5, 0.6) is 0 Å². The first-order valence-electron chi connectivity index (χ1n) is 22.7. The monoisotopic (exact) mass is 876 g/mol. The molecule has 61 heavy (non-hydrogen) atoms. The van der Waals surface area contributed by atoms with Crippen molar-refractivity contribution >= 4 is 25.7 Å². The van der Waals surface area contributed by atoms with Crippen LogP contribution in [-0.2, 0) is 42.2 Å². The van der Waals surface area contributed by atoms with Gasteiger partial charge in [0.25, 0.3) is 0 Å². The summed E-state index contributed by atoms with van der Waals surface area (Å²) >= 11 is 0. The molecule has 0 radical (unpaired) electrons. The summed E-state index contributed by atoms with van der Waals surface area (Å²) in [5.74, 6) is -2.52. The number of esters is 2. The number of rotatable bonds is 40. The Labute approximate surface area is 367 Å². The molecule has 0 aromatic heterocycles. The SMILES string of the molecule is CCCCC/C=C\C/C=C\C/C=C\C/C=C\CCCCCC(=O)OC[C@H](COP(=O)(O)OC[C@H](N)C(=O)O)OC(=O)CCCC1OC1C/C=C\C/C=C\C/C=C\CCCCC. The zero-order chi connectivity index (χ0) is 44.7. The van der Waals surface area contributed by atoms with Gasteiger partial charge in [-0.15, -0.1) is 0 Å². The molecule has 3 unspecified atom stereocenters. The molecule has 1 aliphatic rings. The van der Waals surface area contributed by atoms with Crippen LogP contribution in [0.15, 0.2) is 85.1 Å². The van der Waals surface area contributed by atoms with Gasteiger partial charge in [0.1, 0.15) is 12.6 Å². The lowest BCUT2D eigenvalue weighted by Gasteiger charge is -2.20. The predicted octanol–water partition coefficient (Wildman–Crippen LogP) is 11.3. The second-order valence-corrected chi connectivity index (χ2v) is 16.7. The Balaban J connectivity index is 2.36. The maximum Gasteiger partial charge on any atom is 0.472 e. The predicted molar refractivity (Wildman–Crippen MR) is 244 cm³/mol. The fourth-order valence-corrected chi connectivity index (χ4v) is 6.62. The molecule has 0 amide bonds. The van der Waals surface area contributed by atoms with E-state index in [0.717, 1.165) is 64.2 Å². The summed E-state index contributed by atoms with van der Waals surface area (Å²) in [6.45, 7) is 2.62. The number of allylic oxidation sites excluding steroid dienone is 13. The average Bonchev–Trinajstić information content (AvgIpc) is 3.99. The van der Waals surface area contributed by atoms with Crippen molar-refractivity contribution < 1.29 is 52.2 Å². The van der Waals surface area contributed by atoms with Gasteiger partial charge < -0.3 is 29.9 Å². The van der Waals surface area contributed by atoms with Crippen LogP contribution in [0.25, 0.3) is 0 Å². The number of carboxylic acid groups (broad SMARTS) is 1. The lowest BCUT2D eigenvalue weighted by atomic mass is 10.1. The summed E-state index contributed by atoms with van der Waals surface area (Å²) in [4.78, 5) is 46.2. The van der Waals surface area contributed by atoms with Gasteiger partial charge in [-0.05, 0) is 96.3 Å². The second kappa shape index (κ2) is 38.3.